The van der Waals surface area contributed by atoms with Crippen molar-refractivity contribution in [3.8, 4) is 5.75 Å². The Hall–Kier alpha value is -1.02. The predicted molar refractivity (Wildman–Crippen MR) is 104 cm³/mol. The highest BCUT2D eigenvalue weighted by Crippen LogP contribution is 2.10. The van der Waals surface area contributed by atoms with Crippen molar-refractivity contribution in [2.24, 2.45) is 4.99 Å². The quantitative estimate of drug-likeness (QED) is 0.286. The number of aliphatic imine (C=N–C) groups is 1. The molecule has 5 nitrogen and oxygen atoms in total. The van der Waals surface area contributed by atoms with Crippen molar-refractivity contribution >= 4 is 29.9 Å². The van der Waals surface area contributed by atoms with Gasteiger partial charge in [0, 0.05) is 32.2 Å². The molecule has 0 bridgehead atoms. The molecule has 1 aromatic carbocycles. The zero-order valence-electron chi connectivity index (χ0n) is 14.2. The van der Waals surface area contributed by atoms with Gasteiger partial charge in [0.1, 0.15) is 5.75 Å². The van der Waals surface area contributed by atoms with Gasteiger partial charge >= 0.3 is 0 Å². The van der Waals surface area contributed by atoms with Crippen molar-refractivity contribution in [1.82, 2.24) is 16.0 Å². The van der Waals surface area contributed by atoms with E-state index in [4.69, 9.17) is 4.74 Å². The average molecular weight is 420 g/mol. The molecular weight excluding hydrogens is 391 g/mol. The third-order valence-electron chi connectivity index (χ3n) is 2.92. The van der Waals surface area contributed by atoms with Crippen LogP contribution in [0.3, 0.4) is 0 Å². The minimum atomic E-state index is 0. The summed E-state index contributed by atoms with van der Waals surface area (Å²) in [5.41, 5.74) is 1.33. The number of methoxy groups -OCH3 is 1. The molecule has 1 rings (SSSR count). The molecule has 0 aliphatic carbocycles. The Labute approximate surface area is 151 Å². The van der Waals surface area contributed by atoms with Gasteiger partial charge in [-0.05, 0) is 38.5 Å². The van der Waals surface area contributed by atoms with Crippen LogP contribution < -0.4 is 20.7 Å². The first-order valence-electron chi connectivity index (χ1n) is 7.27. The van der Waals surface area contributed by atoms with Crippen LogP contribution in [0, 0.1) is 0 Å². The van der Waals surface area contributed by atoms with Crippen LogP contribution in [0.2, 0.25) is 0 Å². The summed E-state index contributed by atoms with van der Waals surface area (Å²) in [6.45, 7) is 8.93. The maximum absolute atomic E-state index is 5.15. The van der Waals surface area contributed by atoms with E-state index in [0.29, 0.717) is 0 Å². The summed E-state index contributed by atoms with van der Waals surface area (Å²) in [5, 5.41) is 10.0. The van der Waals surface area contributed by atoms with Crippen LogP contribution in [0.5, 0.6) is 5.75 Å². The Balaban J connectivity index is 0.00000441. The highest BCUT2D eigenvalue weighted by Gasteiger charge is 2.07. The molecule has 6 heteroatoms. The smallest absolute Gasteiger partial charge is 0.191 e. The van der Waals surface area contributed by atoms with Crippen molar-refractivity contribution in [1.29, 1.82) is 0 Å². The molecule has 126 valence electrons. The van der Waals surface area contributed by atoms with Gasteiger partial charge in [-0.2, -0.15) is 0 Å². The standard InChI is InChI=1S/C16H28N4O.HI/c1-16(2,3)20-11-10-18-15(17-4)19-12-13-6-8-14(21-5)9-7-13;/h6-9,20H,10-12H2,1-5H3,(H2,17,18,19);1H. The Morgan fingerprint density at radius 3 is 2.23 bits per heavy atom. The largest absolute Gasteiger partial charge is 0.497 e. The molecule has 0 saturated carbocycles. The van der Waals surface area contributed by atoms with Crippen LogP contribution in [0.4, 0.5) is 0 Å². The number of guanidine groups is 1. The third-order valence-corrected chi connectivity index (χ3v) is 2.92. The van der Waals surface area contributed by atoms with Crippen molar-refractivity contribution in [3.63, 3.8) is 0 Å². The molecule has 0 aliphatic rings. The molecule has 0 fully saturated rings. The lowest BCUT2D eigenvalue weighted by Crippen LogP contribution is -2.44. The second-order valence-electron chi connectivity index (χ2n) is 5.88. The van der Waals surface area contributed by atoms with Gasteiger partial charge in [0.05, 0.1) is 7.11 Å². The number of hydrogen-bond donors (Lipinski definition) is 3. The summed E-state index contributed by atoms with van der Waals surface area (Å²) < 4.78 is 5.15. The van der Waals surface area contributed by atoms with Crippen LogP contribution in [0.25, 0.3) is 0 Å². The van der Waals surface area contributed by atoms with Crippen molar-refractivity contribution in [3.05, 3.63) is 29.8 Å². The molecule has 0 amide bonds. The van der Waals surface area contributed by atoms with Gasteiger partial charge in [0.25, 0.3) is 0 Å². The summed E-state index contributed by atoms with van der Waals surface area (Å²) in [6.07, 6.45) is 0. The van der Waals surface area contributed by atoms with Crippen molar-refractivity contribution in [2.75, 3.05) is 27.2 Å². The minimum Gasteiger partial charge on any atom is -0.497 e. The molecule has 0 unspecified atom stereocenters. The molecule has 0 heterocycles. The maximum atomic E-state index is 5.15. The van der Waals surface area contributed by atoms with Crippen LogP contribution in [0.1, 0.15) is 26.3 Å². The number of benzene rings is 1. The van der Waals surface area contributed by atoms with Gasteiger partial charge in [-0.1, -0.05) is 12.1 Å². The monoisotopic (exact) mass is 420 g/mol. The van der Waals surface area contributed by atoms with E-state index in [9.17, 15) is 0 Å². The van der Waals surface area contributed by atoms with Crippen LogP contribution in [-0.4, -0.2) is 38.7 Å². The van der Waals surface area contributed by atoms with Gasteiger partial charge < -0.3 is 20.7 Å². The zero-order valence-corrected chi connectivity index (χ0v) is 16.5. The number of halogens is 1. The second-order valence-corrected chi connectivity index (χ2v) is 5.88. The highest BCUT2D eigenvalue weighted by atomic mass is 127. The fourth-order valence-electron chi connectivity index (χ4n) is 1.77. The van der Waals surface area contributed by atoms with Crippen LogP contribution in [0.15, 0.2) is 29.3 Å². The Morgan fingerprint density at radius 1 is 1.09 bits per heavy atom. The number of nitrogens with zero attached hydrogens (tertiary/aromatic N) is 1. The van der Waals surface area contributed by atoms with E-state index < -0.39 is 0 Å². The van der Waals surface area contributed by atoms with E-state index in [1.54, 1.807) is 14.2 Å². The third kappa shape index (κ3) is 9.09. The van der Waals surface area contributed by atoms with Gasteiger partial charge in [-0.3, -0.25) is 4.99 Å². The van der Waals surface area contributed by atoms with Crippen molar-refractivity contribution < 1.29 is 4.74 Å². The van der Waals surface area contributed by atoms with Gasteiger partial charge in [-0.25, -0.2) is 0 Å². The Bertz CT molecular complexity index is 440. The fourth-order valence-corrected chi connectivity index (χ4v) is 1.77. The summed E-state index contributed by atoms with van der Waals surface area (Å²) in [5.74, 6) is 1.68. The van der Waals surface area contributed by atoms with E-state index in [1.807, 2.05) is 24.3 Å². The summed E-state index contributed by atoms with van der Waals surface area (Å²) in [4.78, 5) is 4.21. The zero-order chi connectivity index (χ0) is 15.7. The van der Waals surface area contributed by atoms with Crippen LogP contribution >= 0.6 is 24.0 Å². The maximum Gasteiger partial charge on any atom is 0.191 e. The van der Waals surface area contributed by atoms with E-state index in [0.717, 1.165) is 31.3 Å². The van der Waals surface area contributed by atoms with E-state index >= 15 is 0 Å². The minimum absolute atomic E-state index is 0. The first kappa shape index (κ1) is 21.0. The first-order valence-corrected chi connectivity index (χ1v) is 7.27. The molecule has 0 atom stereocenters. The highest BCUT2D eigenvalue weighted by molar-refractivity contribution is 14.0. The lowest BCUT2D eigenvalue weighted by molar-refractivity contribution is 0.414. The Morgan fingerprint density at radius 2 is 1.73 bits per heavy atom. The van der Waals surface area contributed by atoms with Crippen LogP contribution in [-0.2, 0) is 6.54 Å². The van der Waals surface area contributed by atoms with Gasteiger partial charge in [-0.15, -0.1) is 24.0 Å². The predicted octanol–water partition coefficient (Wildman–Crippen LogP) is 2.37. The van der Waals surface area contributed by atoms with E-state index in [2.05, 4.69) is 41.7 Å². The van der Waals surface area contributed by atoms with E-state index in [-0.39, 0.29) is 29.5 Å². The average Bonchev–Trinajstić information content (AvgIpc) is 2.46. The summed E-state index contributed by atoms with van der Waals surface area (Å²) in [6, 6.07) is 8.00. The molecule has 0 saturated heterocycles. The molecular formula is C16H29IN4O. The molecule has 0 spiro atoms. The summed E-state index contributed by atoms with van der Waals surface area (Å²) >= 11 is 0. The Kier molecular flexibility index (Phi) is 10.2. The summed E-state index contributed by atoms with van der Waals surface area (Å²) in [7, 11) is 3.45. The lowest BCUT2D eigenvalue weighted by atomic mass is 10.1. The fraction of sp³-hybridized carbons (Fsp3) is 0.562. The number of hydrogen-bond acceptors (Lipinski definition) is 3. The van der Waals surface area contributed by atoms with Crippen molar-refractivity contribution in [2.45, 2.75) is 32.9 Å². The first-order chi connectivity index (χ1) is 9.94. The molecule has 0 radical (unpaired) electrons. The normalized spacial score (nSPS) is 11.6. The lowest BCUT2D eigenvalue weighted by Gasteiger charge is -2.21. The molecule has 0 aliphatic heterocycles. The number of nitrogens with one attached hydrogen (secondary N) is 3. The topological polar surface area (TPSA) is 57.7 Å². The van der Waals surface area contributed by atoms with E-state index in [1.165, 1.54) is 5.56 Å². The second kappa shape index (κ2) is 10.7. The number of ether oxygens (including phenoxy) is 1. The molecule has 3 N–H and O–H groups in total. The van der Waals surface area contributed by atoms with Gasteiger partial charge in [0.15, 0.2) is 5.96 Å². The molecule has 0 aromatic heterocycles. The molecule has 1 aromatic rings. The molecule has 22 heavy (non-hydrogen) atoms. The SMILES string of the molecule is CN=C(NCCNC(C)(C)C)NCc1ccc(OC)cc1.I. The number of rotatable bonds is 6. The van der Waals surface area contributed by atoms with Gasteiger partial charge in [0.2, 0.25) is 0 Å².